The van der Waals surface area contributed by atoms with Crippen LogP contribution in [0.15, 0.2) is 0 Å². The van der Waals surface area contributed by atoms with Crippen LogP contribution in [0.2, 0.25) is 0 Å². The summed E-state index contributed by atoms with van der Waals surface area (Å²) < 4.78 is 4.61. The Bertz CT molecular complexity index is 261. The fourth-order valence-electron chi connectivity index (χ4n) is 0.611. The van der Waals surface area contributed by atoms with E-state index < -0.39 is 18.0 Å². The van der Waals surface area contributed by atoms with Crippen molar-refractivity contribution in [3.63, 3.8) is 0 Å². The van der Waals surface area contributed by atoms with Gasteiger partial charge in [0.2, 0.25) is 5.91 Å². The second-order valence-corrected chi connectivity index (χ2v) is 3.98. The van der Waals surface area contributed by atoms with Crippen LogP contribution in [0.4, 0.5) is 4.79 Å². The van der Waals surface area contributed by atoms with Crippen molar-refractivity contribution < 1.29 is 24.2 Å². The average molecular weight is 268 g/mol. The number of carbonyl (C=O) groups is 3. The standard InChI is InChI=1S/C7H12N2O5S2/c10-5(1-2-6(11)12)8-9-7(13)14-3-4-16-15/h15H,1-4H2,(H,8,10)(H,9,13)(H,11,12). The van der Waals surface area contributed by atoms with Gasteiger partial charge in [-0.3, -0.25) is 15.0 Å². The number of hydrogen-bond donors (Lipinski definition) is 4. The van der Waals surface area contributed by atoms with E-state index in [-0.39, 0.29) is 19.4 Å². The molecule has 0 bridgehead atoms. The number of thiol groups is 1. The third-order valence-electron chi connectivity index (χ3n) is 1.28. The maximum absolute atomic E-state index is 10.9. The van der Waals surface area contributed by atoms with Crippen LogP contribution in [-0.4, -0.2) is 35.4 Å². The minimum atomic E-state index is -1.08. The van der Waals surface area contributed by atoms with Gasteiger partial charge in [-0.2, -0.15) is 0 Å². The Morgan fingerprint density at radius 2 is 1.94 bits per heavy atom. The molecule has 0 aromatic heterocycles. The SMILES string of the molecule is O=C(O)CCC(=O)NNC(=O)OCCSS. The maximum atomic E-state index is 10.9. The van der Waals surface area contributed by atoms with Crippen molar-refractivity contribution in [3.8, 4) is 0 Å². The van der Waals surface area contributed by atoms with E-state index in [2.05, 4.69) is 16.4 Å². The van der Waals surface area contributed by atoms with Crippen LogP contribution >= 0.6 is 22.5 Å². The Morgan fingerprint density at radius 3 is 2.50 bits per heavy atom. The summed E-state index contributed by atoms with van der Waals surface area (Å²) in [4.78, 5) is 31.9. The molecule has 0 aliphatic rings. The Morgan fingerprint density at radius 1 is 1.25 bits per heavy atom. The summed E-state index contributed by atoms with van der Waals surface area (Å²) in [5, 5.41) is 8.28. The first-order valence-electron chi connectivity index (χ1n) is 4.26. The molecular formula is C7H12N2O5S2. The number of carboxylic acid groups (broad SMARTS) is 1. The zero-order valence-electron chi connectivity index (χ0n) is 8.26. The summed E-state index contributed by atoms with van der Waals surface area (Å²) in [6, 6.07) is 0. The average Bonchev–Trinajstić information content (AvgIpc) is 2.24. The van der Waals surface area contributed by atoms with E-state index in [1.165, 1.54) is 10.8 Å². The summed E-state index contributed by atoms with van der Waals surface area (Å²) in [5.74, 6) is -1.14. The fraction of sp³-hybridized carbons (Fsp3) is 0.571. The molecule has 0 radical (unpaired) electrons. The molecule has 0 aromatic carbocycles. The number of hydrazine groups is 1. The van der Waals surface area contributed by atoms with Gasteiger partial charge in [-0.05, 0) is 0 Å². The van der Waals surface area contributed by atoms with Crippen molar-refractivity contribution in [1.82, 2.24) is 10.9 Å². The molecule has 0 aliphatic heterocycles. The van der Waals surface area contributed by atoms with E-state index in [0.717, 1.165) is 0 Å². The first-order chi connectivity index (χ1) is 7.56. The van der Waals surface area contributed by atoms with Gasteiger partial charge < -0.3 is 9.84 Å². The highest BCUT2D eigenvalue weighted by Gasteiger charge is 2.07. The molecule has 9 heteroatoms. The number of carbonyl (C=O) groups excluding carboxylic acids is 2. The van der Waals surface area contributed by atoms with Gasteiger partial charge in [-0.25, -0.2) is 10.2 Å². The molecule has 0 unspecified atom stereocenters. The molecule has 0 aromatic rings. The highest BCUT2D eigenvalue weighted by molar-refractivity contribution is 8.68. The van der Waals surface area contributed by atoms with Crippen LogP contribution in [0.25, 0.3) is 0 Å². The number of ether oxygens (including phenoxy) is 1. The lowest BCUT2D eigenvalue weighted by Gasteiger charge is -2.06. The number of nitrogens with one attached hydrogen (secondary N) is 2. The number of aliphatic carboxylic acids is 1. The predicted molar refractivity (Wildman–Crippen MR) is 60.9 cm³/mol. The molecule has 0 heterocycles. The van der Waals surface area contributed by atoms with E-state index in [1.54, 1.807) is 0 Å². The molecule has 0 fully saturated rings. The third-order valence-corrected chi connectivity index (χ3v) is 2.17. The smallest absolute Gasteiger partial charge is 0.426 e. The van der Waals surface area contributed by atoms with Crippen LogP contribution in [0.3, 0.4) is 0 Å². The van der Waals surface area contributed by atoms with Gasteiger partial charge in [0.1, 0.15) is 6.61 Å². The normalized spacial score (nSPS) is 9.31. The van der Waals surface area contributed by atoms with Crippen LogP contribution in [0, 0.1) is 0 Å². The summed E-state index contributed by atoms with van der Waals surface area (Å²) in [6.07, 6.45) is -1.30. The molecule has 3 N–H and O–H groups in total. The van der Waals surface area contributed by atoms with Crippen LogP contribution in [-0.2, 0) is 14.3 Å². The second kappa shape index (κ2) is 9.16. The molecule has 16 heavy (non-hydrogen) atoms. The Labute approximate surface area is 101 Å². The van der Waals surface area contributed by atoms with Crippen molar-refractivity contribution in [1.29, 1.82) is 0 Å². The lowest BCUT2D eigenvalue weighted by molar-refractivity contribution is -0.138. The van der Waals surface area contributed by atoms with Gasteiger partial charge in [0.15, 0.2) is 0 Å². The predicted octanol–water partition coefficient (Wildman–Crippen LogP) is 0.187. The Kier molecular flexibility index (Phi) is 8.53. The third kappa shape index (κ3) is 9.46. The fourth-order valence-corrected chi connectivity index (χ4v) is 0.993. The minimum absolute atomic E-state index is 0.172. The van der Waals surface area contributed by atoms with Crippen molar-refractivity contribution >= 4 is 40.4 Å². The van der Waals surface area contributed by atoms with Gasteiger partial charge in [0.05, 0.1) is 6.42 Å². The van der Waals surface area contributed by atoms with Gasteiger partial charge in [-0.15, -0.1) is 11.7 Å². The summed E-state index contributed by atoms with van der Waals surface area (Å²) in [7, 11) is 1.22. The van der Waals surface area contributed by atoms with E-state index in [9.17, 15) is 14.4 Å². The molecule has 0 saturated heterocycles. The number of rotatable bonds is 6. The highest BCUT2D eigenvalue weighted by atomic mass is 33.1. The quantitative estimate of drug-likeness (QED) is 0.237. The first kappa shape index (κ1) is 14.9. The summed E-state index contributed by atoms with van der Waals surface area (Å²) >= 11 is 3.83. The molecule has 92 valence electrons. The molecular weight excluding hydrogens is 256 g/mol. The molecule has 2 amide bonds. The van der Waals surface area contributed by atoms with E-state index >= 15 is 0 Å². The molecule has 0 rings (SSSR count). The molecule has 0 saturated carbocycles. The maximum Gasteiger partial charge on any atom is 0.426 e. The summed E-state index contributed by atoms with van der Waals surface area (Å²) in [5.41, 5.74) is 3.99. The Balaban J connectivity index is 3.51. The molecule has 7 nitrogen and oxygen atoms in total. The monoisotopic (exact) mass is 268 g/mol. The van der Waals surface area contributed by atoms with Gasteiger partial charge in [0, 0.05) is 12.2 Å². The summed E-state index contributed by atoms with van der Waals surface area (Å²) in [6.45, 7) is 0.172. The highest BCUT2D eigenvalue weighted by Crippen LogP contribution is 2.02. The van der Waals surface area contributed by atoms with E-state index in [4.69, 9.17) is 5.11 Å². The van der Waals surface area contributed by atoms with Crippen LogP contribution < -0.4 is 10.9 Å². The largest absolute Gasteiger partial charge is 0.481 e. The molecule has 0 atom stereocenters. The second-order valence-electron chi connectivity index (χ2n) is 2.54. The minimum Gasteiger partial charge on any atom is -0.481 e. The number of carboxylic acids is 1. The van der Waals surface area contributed by atoms with E-state index in [1.807, 2.05) is 10.9 Å². The van der Waals surface area contributed by atoms with Crippen LogP contribution in [0.5, 0.6) is 0 Å². The van der Waals surface area contributed by atoms with Gasteiger partial charge in [-0.1, -0.05) is 10.8 Å². The van der Waals surface area contributed by atoms with Crippen molar-refractivity contribution in [2.24, 2.45) is 0 Å². The van der Waals surface area contributed by atoms with Gasteiger partial charge in [0.25, 0.3) is 0 Å². The zero-order valence-corrected chi connectivity index (χ0v) is 9.98. The molecule has 0 spiro atoms. The lowest BCUT2D eigenvalue weighted by Crippen LogP contribution is -2.42. The van der Waals surface area contributed by atoms with Crippen LogP contribution in [0.1, 0.15) is 12.8 Å². The number of hydrogen-bond acceptors (Lipinski definition) is 6. The Hall–Kier alpha value is -1.09. The van der Waals surface area contributed by atoms with Crippen molar-refractivity contribution in [2.75, 3.05) is 12.4 Å². The van der Waals surface area contributed by atoms with Crippen molar-refractivity contribution in [3.05, 3.63) is 0 Å². The van der Waals surface area contributed by atoms with Gasteiger partial charge >= 0.3 is 12.1 Å². The van der Waals surface area contributed by atoms with Crippen molar-refractivity contribution in [2.45, 2.75) is 12.8 Å². The van der Waals surface area contributed by atoms with E-state index in [0.29, 0.717) is 5.75 Å². The number of amides is 2. The first-order valence-corrected chi connectivity index (χ1v) is 6.30. The zero-order chi connectivity index (χ0) is 12.4. The topological polar surface area (TPSA) is 105 Å². The lowest BCUT2D eigenvalue weighted by atomic mass is 10.3. The molecule has 0 aliphatic carbocycles.